The smallest absolute Gasteiger partial charge is 0.305 e. The topological polar surface area (TPSA) is 64.1 Å². The van der Waals surface area contributed by atoms with Crippen LogP contribution in [0, 0.1) is 5.41 Å². The van der Waals surface area contributed by atoms with E-state index in [4.69, 9.17) is 0 Å². The Morgan fingerprint density at radius 2 is 1.89 bits per heavy atom. The molecule has 3 aromatic heterocycles. The maximum atomic E-state index is 12.9. The van der Waals surface area contributed by atoms with Crippen molar-refractivity contribution < 1.29 is 13.2 Å². The van der Waals surface area contributed by atoms with Gasteiger partial charge in [0.25, 0.3) is 0 Å². The molecule has 1 aliphatic carbocycles. The van der Waals surface area contributed by atoms with Crippen molar-refractivity contribution in [2.75, 3.05) is 25.4 Å². The Bertz CT molecular complexity index is 1390. The van der Waals surface area contributed by atoms with E-state index >= 15 is 0 Å². The number of halogens is 4. The van der Waals surface area contributed by atoms with E-state index in [1.165, 1.54) is 12.1 Å². The molecule has 0 amide bonds. The van der Waals surface area contributed by atoms with Crippen LogP contribution in [0.3, 0.4) is 0 Å². The summed E-state index contributed by atoms with van der Waals surface area (Å²) in [6.45, 7) is 3.11. The van der Waals surface area contributed by atoms with E-state index in [1.54, 1.807) is 30.2 Å². The molecule has 0 N–H and O–H groups in total. The molecule has 1 aliphatic heterocycles. The zero-order valence-electron chi connectivity index (χ0n) is 20.2. The van der Waals surface area contributed by atoms with Crippen molar-refractivity contribution >= 4 is 29.8 Å². The summed E-state index contributed by atoms with van der Waals surface area (Å²) in [5.74, 6) is 2.13. The van der Waals surface area contributed by atoms with Crippen LogP contribution in [-0.2, 0) is 13.2 Å². The molecule has 1 aromatic carbocycles. The van der Waals surface area contributed by atoms with Gasteiger partial charge in [-0.1, -0.05) is 23.9 Å². The fourth-order valence-corrected chi connectivity index (χ4v) is 6.29. The lowest BCUT2D eigenvalue weighted by atomic mass is 9.97. The number of likely N-dealkylation sites (tertiary alicyclic amines) is 1. The average molecular weight is 550 g/mol. The highest BCUT2D eigenvalue weighted by Gasteiger charge is 2.57. The number of benzene rings is 1. The molecule has 0 unspecified atom stereocenters. The Morgan fingerprint density at radius 3 is 2.68 bits per heavy atom. The Labute approximate surface area is 222 Å². The van der Waals surface area contributed by atoms with Gasteiger partial charge in [-0.15, -0.1) is 32.8 Å². The van der Waals surface area contributed by atoms with Crippen molar-refractivity contribution in [2.45, 2.75) is 36.5 Å². The van der Waals surface area contributed by atoms with Crippen molar-refractivity contribution in [2.24, 2.45) is 12.5 Å². The highest BCUT2D eigenvalue weighted by Crippen LogP contribution is 2.64. The molecule has 1 saturated carbocycles. The highest BCUT2D eigenvalue weighted by molar-refractivity contribution is 7.99. The standard InChI is InChI=1S/C25H26F3N7S.ClH/c1-33-22(18-5-8-21-30-29-16-35(21)14-18)31-32-23(33)36-12-2-10-34-11-9-24(15-34)13-20(24)17-3-6-19(7-4-17)25(26,27)28;/h3-8,14,16,20H,2,9-13,15H2,1H3;1H/t20-,24+;/m1./s1. The number of hydrogen-bond donors (Lipinski definition) is 0. The molecule has 1 saturated heterocycles. The van der Waals surface area contributed by atoms with Gasteiger partial charge in [0.05, 0.1) is 5.56 Å². The second-order valence-electron chi connectivity index (χ2n) is 9.85. The Kier molecular flexibility index (Phi) is 6.97. The summed E-state index contributed by atoms with van der Waals surface area (Å²) in [6.07, 6.45) is 2.58. The van der Waals surface area contributed by atoms with Crippen LogP contribution in [0.4, 0.5) is 13.2 Å². The van der Waals surface area contributed by atoms with Crippen molar-refractivity contribution in [3.05, 3.63) is 60.0 Å². The number of alkyl halides is 3. The van der Waals surface area contributed by atoms with Crippen LogP contribution in [0.25, 0.3) is 17.0 Å². The van der Waals surface area contributed by atoms with Gasteiger partial charge in [-0.25, -0.2) is 0 Å². The summed E-state index contributed by atoms with van der Waals surface area (Å²) < 4.78 is 42.4. The zero-order valence-corrected chi connectivity index (χ0v) is 21.9. The van der Waals surface area contributed by atoms with Gasteiger partial charge in [0.15, 0.2) is 16.6 Å². The largest absolute Gasteiger partial charge is 0.416 e. The lowest BCUT2D eigenvalue weighted by molar-refractivity contribution is -0.137. The third-order valence-electron chi connectivity index (χ3n) is 7.53. The number of pyridine rings is 1. The molecule has 4 aromatic rings. The van der Waals surface area contributed by atoms with E-state index in [9.17, 15) is 13.2 Å². The maximum absolute atomic E-state index is 12.9. The van der Waals surface area contributed by atoms with Gasteiger partial charge in [0, 0.05) is 31.1 Å². The van der Waals surface area contributed by atoms with Gasteiger partial charge in [-0.2, -0.15) is 13.2 Å². The number of hydrogen-bond acceptors (Lipinski definition) is 6. The summed E-state index contributed by atoms with van der Waals surface area (Å²) in [5.41, 5.74) is 2.46. The monoisotopic (exact) mass is 549 g/mol. The molecule has 0 bridgehead atoms. The SMILES string of the molecule is Cl.Cn1c(SCCCN2CC[C@]3(C[C@@H]3c3ccc(C(F)(F)F)cc3)C2)nnc1-c1ccc2nncn2c1. The minimum atomic E-state index is -4.28. The normalized spacial score (nSPS) is 21.6. The predicted octanol–water partition coefficient (Wildman–Crippen LogP) is 5.33. The summed E-state index contributed by atoms with van der Waals surface area (Å²) in [7, 11) is 1.98. The fourth-order valence-electron chi connectivity index (χ4n) is 5.45. The van der Waals surface area contributed by atoms with Gasteiger partial charge in [0.2, 0.25) is 0 Å². The molecule has 196 valence electrons. The average Bonchev–Trinajstić information content (AvgIpc) is 3.18. The molecule has 4 heterocycles. The Balaban J connectivity index is 0.00000280. The number of aromatic nitrogens is 6. The van der Waals surface area contributed by atoms with Crippen LogP contribution >= 0.6 is 24.2 Å². The minimum Gasteiger partial charge on any atom is -0.305 e. The van der Waals surface area contributed by atoms with Crippen molar-refractivity contribution in [1.29, 1.82) is 0 Å². The summed E-state index contributed by atoms with van der Waals surface area (Å²) in [4.78, 5) is 2.50. The number of rotatable bonds is 7. The molecule has 2 fully saturated rings. The van der Waals surface area contributed by atoms with Crippen molar-refractivity contribution in [3.8, 4) is 11.4 Å². The molecule has 7 nitrogen and oxygen atoms in total. The van der Waals surface area contributed by atoms with Crippen molar-refractivity contribution in [3.63, 3.8) is 0 Å². The molecule has 37 heavy (non-hydrogen) atoms. The first kappa shape index (κ1) is 26.0. The lowest BCUT2D eigenvalue weighted by Crippen LogP contribution is -2.23. The van der Waals surface area contributed by atoms with Gasteiger partial charge >= 0.3 is 6.18 Å². The summed E-state index contributed by atoms with van der Waals surface area (Å²) in [5, 5.41) is 17.6. The van der Waals surface area contributed by atoms with Crippen LogP contribution in [0.5, 0.6) is 0 Å². The molecule has 6 rings (SSSR count). The van der Waals surface area contributed by atoms with Gasteiger partial charge in [0.1, 0.15) is 6.33 Å². The number of thioether (sulfide) groups is 1. The van der Waals surface area contributed by atoms with E-state index in [2.05, 4.69) is 25.3 Å². The third kappa shape index (κ3) is 5.08. The second kappa shape index (κ2) is 9.92. The van der Waals surface area contributed by atoms with E-state index in [0.717, 1.165) is 72.4 Å². The van der Waals surface area contributed by atoms with Gasteiger partial charge < -0.3 is 9.47 Å². The van der Waals surface area contributed by atoms with Crippen LogP contribution in [-0.4, -0.2) is 59.6 Å². The number of fused-ring (bicyclic) bond motifs is 1. The maximum Gasteiger partial charge on any atom is 0.416 e. The summed E-state index contributed by atoms with van der Waals surface area (Å²) in [6, 6.07) is 9.66. The van der Waals surface area contributed by atoms with Gasteiger partial charge in [-0.05, 0) is 73.5 Å². The highest BCUT2D eigenvalue weighted by atomic mass is 35.5. The quantitative estimate of drug-likeness (QED) is 0.229. The third-order valence-corrected chi connectivity index (χ3v) is 8.63. The molecular weight excluding hydrogens is 523 g/mol. The first-order valence-corrected chi connectivity index (χ1v) is 13.0. The molecule has 1 spiro atoms. The first-order chi connectivity index (χ1) is 17.3. The van der Waals surface area contributed by atoms with Crippen LogP contribution < -0.4 is 0 Å². The van der Waals surface area contributed by atoms with E-state index < -0.39 is 11.7 Å². The van der Waals surface area contributed by atoms with E-state index in [1.807, 2.05) is 34.3 Å². The summed E-state index contributed by atoms with van der Waals surface area (Å²) >= 11 is 1.71. The second-order valence-corrected chi connectivity index (χ2v) is 10.9. The van der Waals surface area contributed by atoms with Crippen molar-refractivity contribution in [1.82, 2.24) is 34.3 Å². The first-order valence-electron chi connectivity index (χ1n) is 12.0. The van der Waals surface area contributed by atoms with E-state index in [-0.39, 0.29) is 17.8 Å². The minimum absolute atomic E-state index is 0. The predicted molar refractivity (Wildman–Crippen MR) is 138 cm³/mol. The molecule has 2 atom stereocenters. The van der Waals surface area contributed by atoms with Crippen LogP contribution in [0.2, 0.25) is 0 Å². The number of nitrogens with zero attached hydrogens (tertiary/aromatic N) is 7. The van der Waals surface area contributed by atoms with Crippen LogP contribution in [0.1, 0.15) is 36.3 Å². The lowest BCUT2D eigenvalue weighted by Gasteiger charge is -2.16. The molecular formula is C25H27ClF3N7S. The molecule has 2 aliphatic rings. The Morgan fingerprint density at radius 1 is 1.08 bits per heavy atom. The fraction of sp³-hybridized carbons (Fsp3) is 0.440. The van der Waals surface area contributed by atoms with Crippen LogP contribution in [0.15, 0.2) is 54.1 Å². The molecule has 0 radical (unpaired) electrons. The molecule has 12 heteroatoms. The van der Waals surface area contributed by atoms with Gasteiger partial charge in [-0.3, -0.25) is 4.40 Å². The van der Waals surface area contributed by atoms with E-state index in [0.29, 0.717) is 5.92 Å². The Hall–Kier alpha value is -2.63. The zero-order chi connectivity index (χ0) is 24.9.